The molecule has 0 aromatic carbocycles. The van der Waals surface area contributed by atoms with Crippen LogP contribution in [0.15, 0.2) is 12.7 Å². The van der Waals surface area contributed by atoms with Crippen LogP contribution in [0.5, 0.6) is 0 Å². The van der Waals surface area contributed by atoms with Gasteiger partial charge in [-0.05, 0) is 94.3 Å². The second-order valence-electron chi connectivity index (χ2n) is 9.01. The number of allylic oxidation sites excluding steroid dienone is 1. The van der Waals surface area contributed by atoms with Gasteiger partial charge in [-0.25, -0.2) is 0 Å². The molecule has 0 aromatic heterocycles. The molecular formula is C23H40O. The van der Waals surface area contributed by atoms with E-state index in [1.54, 1.807) is 0 Å². The van der Waals surface area contributed by atoms with Gasteiger partial charge in [0.15, 0.2) is 0 Å². The SMILES string of the molecule is C=CC1CCC(C2CCC(CCC3CCC(CCC)O3)CC2)CC1. The lowest BCUT2D eigenvalue weighted by atomic mass is 9.68. The van der Waals surface area contributed by atoms with Crippen LogP contribution >= 0.6 is 0 Å². The Hall–Kier alpha value is -0.300. The topological polar surface area (TPSA) is 9.23 Å². The molecule has 3 aliphatic rings. The molecule has 138 valence electrons. The summed E-state index contributed by atoms with van der Waals surface area (Å²) in [6.07, 6.45) is 23.1. The number of ether oxygens (including phenoxy) is 1. The molecule has 0 N–H and O–H groups in total. The van der Waals surface area contributed by atoms with Crippen molar-refractivity contribution in [3.05, 3.63) is 12.7 Å². The van der Waals surface area contributed by atoms with Gasteiger partial charge in [-0.1, -0.05) is 32.3 Å². The van der Waals surface area contributed by atoms with Crippen LogP contribution in [-0.4, -0.2) is 12.2 Å². The average Bonchev–Trinajstić information content (AvgIpc) is 3.08. The van der Waals surface area contributed by atoms with Crippen molar-refractivity contribution in [1.29, 1.82) is 0 Å². The quantitative estimate of drug-likeness (QED) is 0.460. The molecule has 0 radical (unpaired) electrons. The number of hydrogen-bond donors (Lipinski definition) is 0. The predicted molar refractivity (Wildman–Crippen MR) is 103 cm³/mol. The zero-order valence-corrected chi connectivity index (χ0v) is 16.1. The van der Waals surface area contributed by atoms with Crippen molar-refractivity contribution in [2.24, 2.45) is 23.7 Å². The van der Waals surface area contributed by atoms with Crippen molar-refractivity contribution in [3.63, 3.8) is 0 Å². The molecule has 2 atom stereocenters. The van der Waals surface area contributed by atoms with Crippen LogP contribution in [0.2, 0.25) is 0 Å². The third kappa shape index (κ3) is 5.10. The Bertz CT molecular complexity index is 360. The summed E-state index contributed by atoms with van der Waals surface area (Å²) in [5.41, 5.74) is 0. The minimum absolute atomic E-state index is 0.585. The van der Waals surface area contributed by atoms with Crippen molar-refractivity contribution in [1.82, 2.24) is 0 Å². The Morgan fingerprint density at radius 3 is 1.92 bits per heavy atom. The largest absolute Gasteiger partial charge is 0.375 e. The zero-order chi connectivity index (χ0) is 16.8. The molecule has 24 heavy (non-hydrogen) atoms. The van der Waals surface area contributed by atoms with E-state index in [-0.39, 0.29) is 0 Å². The molecule has 3 fully saturated rings. The minimum atomic E-state index is 0.585. The maximum Gasteiger partial charge on any atom is 0.0580 e. The first-order valence-electron chi connectivity index (χ1n) is 11.1. The van der Waals surface area contributed by atoms with Gasteiger partial charge in [0, 0.05) is 0 Å². The van der Waals surface area contributed by atoms with E-state index in [0.717, 1.165) is 23.7 Å². The Kier molecular flexibility index (Phi) is 7.25. The highest BCUT2D eigenvalue weighted by atomic mass is 16.5. The smallest absolute Gasteiger partial charge is 0.0580 e. The molecule has 1 nitrogen and oxygen atoms in total. The van der Waals surface area contributed by atoms with Crippen molar-refractivity contribution in [3.8, 4) is 0 Å². The Balaban J connectivity index is 1.30. The van der Waals surface area contributed by atoms with Crippen LogP contribution in [0.3, 0.4) is 0 Å². The van der Waals surface area contributed by atoms with Crippen LogP contribution in [0.4, 0.5) is 0 Å². The zero-order valence-electron chi connectivity index (χ0n) is 16.1. The van der Waals surface area contributed by atoms with Gasteiger partial charge in [0.2, 0.25) is 0 Å². The molecule has 1 heteroatoms. The molecule has 0 amide bonds. The lowest BCUT2D eigenvalue weighted by molar-refractivity contribution is 0.0303. The molecule has 2 saturated carbocycles. The third-order valence-corrected chi connectivity index (χ3v) is 7.41. The van der Waals surface area contributed by atoms with E-state index in [1.165, 1.54) is 89.9 Å². The highest BCUT2D eigenvalue weighted by molar-refractivity contribution is 4.87. The summed E-state index contributed by atoms with van der Waals surface area (Å²) < 4.78 is 6.22. The lowest BCUT2D eigenvalue weighted by Gasteiger charge is -2.37. The van der Waals surface area contributed by atoms with Crippen LogP contribution < -0.4 is 0 Å². The van der Waals surface area contributed by atoms with Gasteiger partial charge in [-0.2, -0.15) is 0 Å². The fourth-order valence-corrected chi connectivity index (χ4v) is 5.75. The molecule has 1 heterocycles. The molecular weight excluding hydrogens is 292 g/mol. The minimum Gasteiger partial charge on any atom is -0.375 e. The van der Waals surface area contributed by atoms with Crippen molar-refractivity contribution in [2.75, 3.05) is 0 Å². The molecule has 2 aliphatic carbocycles. The normalized spacial score (nSPS) is 40.5. The predicted octanol–water partition coefficient (Wildman–Crippen LogP) is 6.91. The molecule has 1 saturated heterocycles. The first-order chi connectivity index (χ1) is 11.8. The number of hydrogen-bond acceptors (Lipinski definition) is 1. The molecule has 0 spiro atoms. The fourth-order valence-electron chi connectivity index (χ4n) is 5.75. The van der Waals surface area contributed by atoms with Gasteiger partial charge >= 0.3 is 0 Å². The van der Waals surface area contributed by atoms with Crippen LogP contribution in [-0.2, 0) is 4.74 Å². The first-order valence-corrected chi connectivity index (χ1v) is 11.1. The third-order valence-electron chi connectivity index (χ3n) is 7.41. The monoisotopic (exact) mass is 332 g/mol. The van der Waals surface area contributed by atoms with Crippen molar-refractivity contribution < 1.29 is 4.74 Å². The maximum atomic E-state index is 6.22. The summed E-state index contributed by atoms with van der Waals surface area (Å²) in [6, 6.07) is 0. The Morgan fingerprint density at radius 1 is 0.750 bits per heavy atom. The Labute approximate surface area is 150 Å². The molecule has 2 unspecified atom stereocenters. The van der Waals surface area contributed by atoms with Crippen molar-refractivity contribution in [2.45, 2.75) is 109 Å². The van der Waals surface area contributed by atoms with E-state index in [2.05, 4.69) is 19.6 Å². The van der Waals surface area contributed by atoms with Crippen molar-refractivity contribution >= 4 is 0 Å². The highest BCUT2D eigenvalue weighted by Gasteiger charge is 2.31. The van der Waals surface area contributed by atoms with Gasteiger partial charge in [0.25, 0.3) is 0 Å². The summed E-state index contributed by atoms with van der Waals surface area (Å²) in [6.45, 7) is 6.27. The fraction of sp³-hybridized carbons (Fsp3) is 0.913. The summed E-state index contributed by atoms with van der Waals surface area (Å²) in [4.78, 5) is 0. The highest BCUT2D eigenvalue weighted by Crippen LogP contribution is 2.42. The first kappa shape index (κ1) is 18.5. The standard InChI is InChI=1S/C23H40O/c1-3-5-22-16-17-23(24-22)15-10-19-8-13-21(14-9-19)20-11-6-18(4-2)7-12-20/h4,18-23H,2-3,5-17H2,1H3. The molecule has 0 bridgehead atoms. The maximum absolute atomic E-state index is 6.22. The van der Waals surface area contributed by atoms with Gasteiger partial charge in [0.1, 0.15) is 0 Å². The van der Waals surface area contributed by atoms with E-state index >= 15 is 0 Å². The van der Waals surface area contributed by atoms with E-state index in [9.17, 15) is 0 Å². The van der Waals surface area contributed by atoms with E-state index < -0.39 is 0 Å². The van der Waals surface area contributed by atoms with Crippen LogP contribution in [0.25, 0.3) is 0 Å². The van der Waals surface area contributed by atoms with Gasteiger partial charge in [-0.15, -0.1) is 6.58 Å². The van der Waals surface area contributed by atoms with E-state index in [0.29, 0.717) is 12.2 Å². The van der Waals surface area contributed by atoms with E-state index in [1.807, 2.05) is 0 Å². The average molecular weight is 333 g/mol. The summed E-state index contributed by atoms with van der Waals surface area (Å²) in [7, 11) is 0. The van der Waals surface area contributed by atoms with Gasteiger partial charge in [0.05, 0.1) is 12.2 Å². The van der Waals surface area contributed by atoms with Gasteiger partial charge < -0.3 is 4.74 Å². The number of rotatable bonds is 7. The van der Waals surface area contributed by atoms with Gasteiger partial charge in [-0.3, -0.25) is 0 Å². The Morgan fingerprint density at radius 2 is 1.33 bits per heavy atom. The molecule has 3 rings (SSSR count). The summed E-state index contributed by atoms with van der Waals surface area (Å²) in [5.74, 6) is 3.90. The molecule has 0 aromatic rings. The van der Waals surface area contributed by atoms with Crippen LogP contribution in [0, 0.1) is 23.7 Å². The lowest BCUT2D eigenvalue weighted by Crippen LogP contribution is -2.25. The second kappa shape index (κ2) is 9.41. The van der Waals surface area contributed by atoms with E-state index in [4.69, 9.17) is 4.74 Å². The molecule has 1 aliphatic heterocycles. The second-order valence-corrected chi connectivity index (χ2v) is 9.01. The summed E-state index contributed by atoms with van der Waals surface area (Å²) >= 11 is 0. The summed E-state index contributed by atoms with van der Waals surface area (Å²) in [5, 5.41) is 0. The van der Waals surface area contributed by atoms with Crippen LogP contribution in [0.1, 0.15) is 96.8 Å².